The van der Waals surface area contributed by atoms with Crippen LogP contribution in [0.1, 0.15) is 18.4 Å². The number of hydrogen-bond acceptors (Lipinski definition) is 5. The zero-order valence-electron chi connectivity index (χ0n) is 15.9. The second-order valence-electron chi connectivity index (χ2n) is 6.71. The van der Waals surface area contributed by atoms with Gasteiger partial charge < -0.3 is 4.90 Å². The normalized spacial score (nSPS) is 13.4. The molecule has 2 aromatic carbocycles. The van der Waals surface area contributed by atoms with Crippen LogP contribution in [0.4, 0.5) is 5.69 Å². The highest BCUT2D eigenvalue weighted by Crippen LogP contribution is 2.26. The van der Waals surface area contributed by atoms with E-state index < -0.39 is 15.9 Å². The van der Waals surface area contributed by atoms with Gasteiger partial charge in [0, 0.05) is 25.2 Å². The first-order valence-corrected chi connectivity index (χ1v) is 10.9. The maximum absolute atomic E-state index is 12.2. The molecular formula is C20H24N4O4S. The number of amides is 2. The number of carbonyl (C=O) groups is 2. The Labute approximate surface area is 170 Å². The molecule has 2 aromatic rings. The van der Waals surface area contributed by atoms with Crippen LogP contribution in [0.5, 0.6) is 0 Å². The summed E-state index contributed by atoms with van der Waals surface area (Å²) in [6.45, 7) is 0.843. The highest BCUT2D eigenvalue weighted by atomic mass is 32.2. The SMILES string of the molecule is O=C(CCNS(=O)(=O)c1ccccc1)NNC(=O)CN1CCCc2ccccc21. The van der Waals surface area contributed by atoms with Crippen LogP contribution in [0.2, 0.25) is 0 Å². The van der Waals surface area contributed by atoms with E-state index in [-0.39, 0.29) is 30.3 Å². The molecule has 0 fully saturated rings. The van der Waals surface area contributed by atoms with E-state index in [9.17, 15) is 18.0 Å². The molecule has 0 spiro atoms. The summed E-state index contributed by atoms with van der Waals surface area (Å²) in [4.78, 5) is 26.2. The zero-order chi connectivity index (χ0) is 20.7. The second-order valence-corrected chi connectivity index (χ2v) is 8.48. The number of nitrogens with one attached hydrogen (secondary N) is 3. The van der Waals surface area contributed by atoms with Gasteiger partial charge in [-0.05, 0) is 36.6 Å². The smallest absolute Gasteiger partial charge is 0.257 e. The number of benzene rings is 2. The molecule has 0 bridgehead atoms. The van der Waals surface area contributed by atoms with Crippen molar-refractivity contribution < 1.29 is 18.0 Å². The van der Waals surface area contributed by atoms with E-state index in [1.54, 1.807) is 18.2 Å². The van der Waals surface area contributed by atoms with E-state index >= 15 is 0 Å². The Hall–Kier alpha value is -2.91. The molecule has 0 radical (unpaired) electrons. The Bertz CT molecular complexity index is 963. The number of rotatable bonds is 7. The molecule has 9 heteroatoms. The Morgan fingerprint density at radius 1 is 0.931 bits per heavy atom. The predicted molar refractivity (Wildman–Crippen MR) is 110 cm³/mol. The number of fused-ring (bicyclic) bond motifs is 1. The van der Waals surface area contributed by atoms with Gasteiger partial charge in [0.25, 0.3) is 5.91 Å². The van der Waals surface area contributed by atoms with Crippen molar-refractivity contribution in [1.82, 2.24) is 15.6 Å². The van der Waals surface area contributed by atoms with Crippen LogP contribution in [0.15, 0.2) is 59.5 Å². The van der Waals surface area contributed by atoms with Crippen molar-refractivity contribution in [2.45, 2.75) is 24.2 Å². The Morgan fingerprint density at radius 3 is 2.41 bits per heavy atom. The highest BCUT2D eigenvalue weighted by Gasteiger charge is 2.19. The first-order chi connectivity index (χ1) is 14.0. The molecule has 0 atom stereocenters. The van der Waals surface area contributed by atoms with E-state index in [0.717, 1.165) is 25.1 Å². The van der Waals surface area contributed by atoms with Gasteiger partial charge in [0.05, 0.1) is 11.4 Å². The first kappa shape index (κ1) is 20.8. The number of nitrogens with zero attached hydrogens (tertiary/aromatic N) is 1. The fourth-order valence-electron chi connectivity index (χ4n) is 3.17. The number of hydrazine groups is 1. The average Bonchev–Trinajstić information content (AvgIpc) is 2.73. The van der Waals surface area contributed by atoms with E-state index in [1.165, 1.54) is 17.7 Å². The van der Waals surface area contributed by atoms with Crippen molar-refractivity contribution >= 4 is 27.5 Å². The molecule has 8 nitrogen and oxygen atoms in total. The maximum Gasteiger partial charge on any atom is 0.257 e. The van der Waals surface area contributed by atoms with E-state index in [0.29, 0.717) is 0 Å². The van der Waals surface area contributed by atoms with Crippen molar-refractivity contribution in [2.75, 3.05) is 24.5 Å². The average molecular weight is 417 g/mol. The molecule has 0 unspecified atom stereocenters. The number of para-hydroxylation sites is 1. The van der Waals surface area contributed by atoms with Crippen LogP contribution < -0.4 is 20.5 Å². The Balaban J connectivity index is 1.40. The molecular weight excluding hydrogens is 392 g/mol. The van der Waals surface area contributed by atoms with Crippen LogP contribution >= 0.6 is 0 Å². The predicted octanol–water partition coefficient (Wildman–Crippen LogP) is 0.955. The number of sulfonamides is 1. The standard InChI is InChI=1S/C20H24N4O4S/c25-19(12-13-21-29(27,28)17-9-2-1-3-10-17)22-23-20(26)15-24-14-6-8-16-7-4-5-11-18(16)24/h1-5,7,9-11,21H,6,8,12-15H2,(H,22,25)(H,23,26). The maximum atomic E-state index is 12.2. The molecule has 1 aliphatic rings. The van der Waals surface area contributed by atoms with Gasteiger partial charge in [-0.25, -0.2) is 13.1 Å². The molecule has 29 heavy (non-hydrogen) atoms. The summed E-state index contributed by atoms with van der Waals surface area (Å²) in [5.41, 5.74) is 6.95. The lowest BCUT2D eigenvalue weighted by Crippen LogP contribution is -2.47. The summed E-state index contributed by atoms with van der Waals surface area (Å²) in [5.74, 6) is -0.812. The minimum absolute atomic E-state index is 0.0710. The van der Waals surface area contributed by atoms with Crippen molar-refractivity contribution in [3.8, 4) is 0 Å². The molecule has 2 amide bonds. The highest BCUT2D eigenvalue weighted by molar-refractivity contribution is 7.89. The Kier molecular flexibility index (Phi) is 6.84. The van der Waals surface area contributed by atoms with Crippen molar-refractivity contribution in [2.24, 2.45) is 0 Å². The van der Waals surface area contributed by atoms with E-state index in [1.807, 2.05) is 23.1 Å². The fourth-order valence-corrected chi connectivity index (χ4v) is 4.23. The second kappa shape index (κ2) is 9.53. The molecule has 0 saturated carbocycles. The molecule has 3 N–H and O–H groups in total. The van der Waals surface area contributed by atoms with Crippen molar-refractivity contribution in [1.29, 1.82) is 0 Å². The van der Waals surface area contributed by atoms with Gasteiger partial charge in [0.15, 0.2) is 0 Å². The Morgan fingerprint density at radius 2 is 1.62 bits per heavy atom. The van der Waals surface area contributed by atoms with Crippen LogP contribution in [0.3, 0.4) is 0 Å². The van der Waals surface area contributed by atoms with Gasteiger partial charge in [-0.3, -0.25) is 20.4 Å². The van der Waals surface area contributed by atoms with E-state index in [4.69, 9.17) is 0 Å². The molecule has 154 valence electrons. The topological polar surface area (TPSA) is 108 Å². The molecule has 0 aliphatic carbocycles. The summed E-state index contributed by atoms with van der Waals surface area (Å²) in [6, 6.07) is 15.9. The third-order valence-electron chi connectivity index (χ3n) is 4.58. The van der Waals surface area contributed by atoms with Gasteiger partial charge in [0.2, 0.25) is 15.9 Å². The first-order valence-electron chi connectivity index (χ1n) is 9.41. The minimum Gasteiger partial charge on any atom is -0.362 e. The molecule has 1 heterocycles. The monoisotopic (exact) mass is 416 g/mol. The van der Waals surface area contributed by atoms with Gasteiger partial charge >= 0.3 is 0 Å². The van der Waals surface area contributed by atoms with Gasteiger partial charge in [-0.1, -0.05) is 36.4 Å². The van der Waals surface area contributed by atoms with Gasteiger partial charge in [0.1, 0.15) is 0 Å². The molecule has 0 saturated heterocycles. The van der Waals surface area contributed by atoms with Crippen molar-refractivity contribution in [3.05, 3.63) is 60.2 Å². The zero-order valence-corrected chi connectivity index (χ0v) is 16.7. The lowest BCUT2D eigenvalue weighted by Gasteiger charge is -2.30. The number of aryl methyl sites for hydroxylation is 1. The lowest BCUT2D eigenvalue weighted by atomic mass is 10.0. The van der Waals surface area contributed by atoms with Crippen LogP contribution in [-0.2, 0) is 26.0 Å². The summed E-state index contributed by atoms with van der Waals surface area (Å²) in [5, 5.41) is 0. The molecule has 0 aromatic heterocycles. The number of carbonyl (C=O) groups excluding carboxylic acids is 2. The lowest BCUT2D eigenvalue weighted by molar-refractivity contribution is -0.128. The summed E-state index contributed by atoms with van der Waals surface area (Å²) < 4.78 is 26.5. The largest absolute Gasteiger partial charge is 0.362 e. The summed E-state index contributed by atoms with van der Waals surface area (Å²) >= 11 is 0. The van der Waals surface area contributed by atoms with Gasteiger partial charge in [-0.2, -0.15) is 0 Å². The fraction of sp³-hybridized carbons (Fsp3) is 0.300. The van der Waals surface area contributed by atoms with Crippen molar-refractivity contribution in [3.63, 3.8) is 0 Å². The molecule has 1 aliphatic heterocycles. The van der Waals surface area contributed by atoms with E-state index in [2.05, 4.69) is 21.6 Å². The van der Waals surface area contributed by atoms with Crippen LogP contribution in [-0.4, -0.2) is 39.9 Å². The quantitative estimate of drug-likeness (QED) is 0.583. The van der Waals surface area contributed by atoms with Crippen LogP contribution in [0, 0.1) is 0 Å². The van der Waals surface area contributed by atoms with Gasteiger partial charge in [-0.15, -0.1) is 0 Å². The molecule has 3 rings (SSSR count). The van der Waals surface area contributed by atoms with Crippen LogP contribution in [0.25, 0.3) is 0 Å². The minimum atomic E-state index is -3.66. The third kappa shape index (κ3) is 5.78. The summed E-state index contributed by atoms with van der Waals surface area (Å²) in [6.07, 6.45) is 1.86. The number of anilines is 1. The third-order valence-corrected chi connectivity index (χ3v) is 6.06. The number of hydrogen-bond donors (Lipinski definition) is 3. The summed E-state index contributed by atoms with van der Waals surface area (Å²) in [7, 11) is -3.66.